The van der Waals surface area contributed by atoms with Crippen molar-refractivity contribution in [1.29, 1.82) is 0 Å². The molecule has 0 amide bonds. The summed E-state index contributed by atoms with van der Waals surface area (Å²) in [6, 6.07) is 12.3. The van der Waals surface area contributed by atoms with Crippen LogP contribution in [0.25, 0.3) is 11.6 Å². The van der Waals surface area contributed by atoms with Gasteiger partial charge in [-0.2, -0.15) is 9.78 Å². The first-order valence-corrected chi connectivity index (χ1v) is 10.4. The molecule has 3 aromatic heterocycles. The molecule has 0 radical (unpaired) electrons. The maximum atomic E-state index is 6.11. The molecule has 0 saturated heterocycles. The molecular formula is C19H14Cl2N4O3S. The van der Waals surface area contributed by atoms with Gasteiger partial charge in [-0.05, 0) is 42.7 Å². The SMILES string of the molecule is CSc1nnc(-c2ccco2)n1N=Cc1ccc(COc2c(Cl)cccc2Cl)o1. The minimum absolute atomic E-state index is 0.178. The molecule has 0 saturated carbocycles. The van der Waals surface area contributed by atoms with E-state index in [-0.39, 0.29) is 6.61 Å². The van der Waals surface area contributed by atoms with E-state index in [1.807, 2.05) is 6.26 Å². The molecule has 7 nitrogen and oxygen atoms in total. The maximum absolute atomic E-state index is 6.11. The van der Waals surface area contributed by atoms with Crippen molar-refractivity contribution in [3.63, 3.8) is 0 Å². The summed E-state index contributed by atoms with van der Waals surface area (Å²) in [5, 5.41) is 14.2. The number of aromatic nitrogens is 3. The molecule has 0 aliphatic rings. The van der Waals surface area contributed by atoms with Crippen LogP contribution in [0.3, 0.4) is 0 Å². The molecule has 29 heavy (non-hydrogen) atoms. The molecule has 3 heterocycles. The number of ether oxygens (including phenoxy) is 1. The van der Waals surface area contributed by atoms with Crippen molar-refractivity contribution in [3.8, 4) is 17.3 Å². The monoisotopic (exact) mass is 448 g/mol. The van der Waals surface area contributed by atoms with Gasteiger partial charge in [0.2, 0.25) is 11.0 Å². The van der Waals surface area contributed by atoms with E-state index in [4.69, 9.17) is 36.8 Å². The molecule has 0 aliphatic carbocycles. The molecule has 4 aromatic rings. The van der Waals surface area contributed by atoms with Crippen LogP contribution in [0, 0.1) is 0 Å². The van der Waals surface area contributed by atoms with Gasteiger partial charge in [0.25, 0.3) is 0 Å². The molecular weight excluding hydrogens is 435 g/mol. The molecule has 148 valence electrons. The summed E-state index contributed by atoms with van der Waals surface area (Å²) in [5.74, 6) is 2.63. The van der Waals surface area contributed by atoms with Crippen LogP contribution in [0.5, 0.6) is 5.75 Å². The smallest absolute Gasteiger partial charge is 0.221 e. The highest BCUT2D eigenvalue weighted by molar-refractivity contribution is 7.98. The largest absolute Gasteiger partial charge is 0.483 e. The summed E-state index contributed by atoms with van der Waals surface area (Å²) >= 11 is 13.6. The standard InChI is InChI=1S/C19H14Cl2N4O3S/c1-29-19-24-23-18(16-6-3-9-26-16)25(19)22-10-12-7-8-13(28-12)11-27-17-14(20)4-2-5-15(17)21/h2-10H,11H2,1H3. The number of thioether (sulfide) groups is 1. The molecule has 0 bridgehead atoms. The Hall–Kier alpha value is -2.68. The van der Waals surface area contributed by atoms with E-state index in [1.165, 1.54) is 11.8 Å². The van der Waals surface area contributed by atoms with Crippen molar-refractivity contribution in [2.75, 3.05) is 6.26 Å². The highest BCUT2D eigenvalue weighted by atomic mass is 35.5. The van der Waals surface area contributed by atoms with Gasteiger partial charge in [0.15, 0.2) is 11.5 Å². The van der Waals surface area contributed by atoms with Gasteiger partial charge in [-0.25, -0.2) is 0 Å². The second-order valence-corrected chi connectivity index (χ2v) is 7.28. The summed E-state index contributed by atoms with van der Waals surface area (Å²) in [7, 11) is 0. The molecule has 0 atom stereocenters. The third-order valence-electron chi connectivity index (χ3n) is 3.80. The predicted octanol–water partition coefficient (Wildman–Crippen LogP) is 5.62. The molecule has 10 heteroatoms. The number of benzene rings is 1. The van der Waals surface area contributed by atoms with Crippen molar-refractivity contribution < 1.29 is 13.6 Å². The summed E-state index contributed by atoms with van der Waals surface area (Å²) in [4.78, 5) is 0. The molecule has 4 rings (SSSR count). The zero-order valence-corrected chi connectivity index (χ0v) is 17.4. The lowest BCUT2D eigenvalue weighted by atomic mass is 10.3. The minimum Gasteiger partial charge on any atom is -0.483 e. The van der Waals surface area contributed by atoms with Gasteiger partial charge in [0.1, 0.15) is 18.1 Å². The topological polar surface area (TPSA) is 78.6 Å². The Morgan fingerprint density at radius 3 is 2.69 bits per heavy atom. The lowest BCUT2D eigenvalue weighted by Crippen LogP contribution is -1.96. The van der Waals surface area contributed by atoms with Crippen molar-refractivity contribution in [3.05, 3.63) is 70.3 Å². The van der Waals surface area contributed by atoms with E-state index < -0.39 is 0 Å². The van der Waals surface area contributed by atoms with Crippen LogP contribution in [-0.2, 0) is 6.61 Å². The van der Waals surface area contributed by atoms with E-state index in [0.29, 0.717) is 44.1 Å². The number of furan rings is 2. The Morgan fingerprint density at radius 2 is 1.97 bits per heavy atom. The summed E-state index contributed by atoms with van der Waals surface area (Å²) < 4.78 is 18.4. The fourth-order valence-corrected chi connectivity index (χ4v) is 3.41. The van der Waals surface area contributed by atoms with Crippen LogP contribution in [0.2, 0.25) is 10.0 Å². The molecule has 0 aliphatic heterocycles. The second kappa shape index (κ2) is 8.77. The third-order valence-corrected chi connectivity index (χ3v) is 5.01. The quantitative estimate of drug-likeness (QED) is 0.269. The van der Waals surface area contributed by atoms with Gasteiger partial charge >= 0.3 is 0 Å². The summed E-state index contributed by atoms with van der Waals surface area (Å²) in [6.07, 6.45) is 5.03. The fourth-order valence-electron chi connectivity index (χ4n) is 2.48. The van der Waals surface area contributed by atoms with Gasteiger partial charge in [0.05, 0.1) is 22.5 Å². The minimum atomic E-state index is 0.178. The van der Waals surface area contributed by atoms with Crippen molar-refractivity contribution in [2.45, 2.75) is 11.8 Å². The van der Waals surface area contributed by atoms with Crippen molar-refractivity contribution in [1.82, 2.24) is 14.9 Å². The summed E-state index contributed by atoms with van der Waals surface area (Å²) in [5.41, 5.74) is 0. The van der Waals surface area contributed by atoms with E-state index >= 15 is 0 Å². The third kappa shape index (κ3) is 4.34. The van der Waals surface area contributed by atoms with Gasteiger partial charge < -0.3 is 13.6 Å². The van der Waals surface area contributed by atoms with Crippen LogP contribution in [0.1, 0.15) is 11.5 Å². The van der Waals surface area contributed by atoms with Crippen molar-refractivity contribution >= 4 is 41.2 Å². The van der Waals surface area contributed by atoms with E-state index in [2.05, 4.69) is 15.3 Å². The first kappa shape index (κ1) is 19.6. The average Bonchev–Trinajstić information content (AvgIpc) is 3.46. The normalized spacial score (nSPS) is 11.4. The van der Waals surface area contributed by atoms with Crippen LogP contribution in [-0.4, -0.2) is 27.3 Å². The Morgan fingerprint density at radius 1 is 1.14 bits per heavy atom. The Labute approximate surface area is 180 Å². The number of nitrogens with zero attached hydrogens (tertiary/aromatic N) is 4. The van der Waals surface area contributed by atoms with Crippen LogP contribution >= 0.6 is 35.0 Å². The number of halogens is 2. The second-order valence-electron chi connectivity index (χ2n) is 5.69. The van der Waals surface area contributed by atoms with Crippen LogP contribution in [0.4, 0.5) is 0 Å². The molecule has 0 unspecified atom stereocenters. The van der Waals surface area contributed by atoms with Gasteiger partial charge in [-0.1, -0.05) is 41.0 Å². The summed E-state index contributed by atoms with van der Waals surface area (Å²) in [6.45, 7) is 0.178. The maximum Gasteiger partial charge on any atom is 0.221 e. The molecule has 1 aromatic carbocycles. The first-order chi connectivity index (χ1) is 14.2. The van der Waals surface area contributed by atoms with Crippen LogP contribution in [0.15, 0.2) is 67.8 Å². The average molecular weight is 449 g/mol. The molecule has 0 N–H and O–H groups in total. The highest BCUT2D eigenvalue weighted by Crippen LogP contribution is 2.33. The van der Waals surface area contributed by atoms with E-state index in [1.54, 1.807) is 59.6 Å². The highest BCUT2D eigenvalue weighted by Gasteiger charge is 2.15. The zero-order valence-electron chi connectivity index (χ0n) is 15.1. The van der Waals surface area contributed by atoms with Gasteiger partial charge in [-0.15, -0.1) is 10.2 Å². The van der Waals surface area contributed by atoms with Gasteiger partial charge in [0, 0.05) is 0 Å². The lowest BCUT2D eigenvalue weighted by Gasteiger charge is -2.07. The number of hydrogen-bond acceptors (Lipinski definition) is 7. The number of para-hydroxylation sites is 1. The van der Waals surface area contributed by atoms with Crippen molar-refractivity contribution in [2.24, 2.45) is 5.10 Å². The predicted molar refractivity (Wildman–Crippen MR) is 112 cm³/mol. The first-order valence-electron chi connectivity index (χ1n) is 8.39. The lowest BCUT2D eigenvalue weighted by molar-refractivity contribution is 0.270. The molecule has 0 spiro atoms. The van der Waals surface area contributed by atoms with Gasteiger partial charge in [-0.3, -0.25) is 0 Å². The fraction of sp³-hybridized carbons (Fsp3) is 0.105. The Bertz CT molecular complexity index is 1120. The number of hydrogen-bond donors (Lipinski definition) is 0. The zero-order chi connectivity index (χ0) is 20.2. The number of rotatable bonds is 7. The Balaban J connectivity index is 1.50. The van der Waals surface area contributed by atoms with E-state index in [9.17, 15) is 0 Å². The van der Waals surface area contributed by atoms with E-state index in [0.717, 1.165) is 0 Å². The molecule has 0 fully saturated rings. The van der Waals surface area contributed by atoms with Crippen LogP contribution < -0.4 is 4.74 Å². The Kier molecular flexibility index (Phi) is 5.94.